The van der Waals surface area contributed by atoms with E-state index in [0.29, 0.717) is 5.56 Å². The van der Waals surface area contributed by atoms with Crippen molar-refractivity contribution >= 4 is 16.8 Å². The van der Waals surface area contributed by atoms with Crippen LogP contribution in [0.5, 0.6) is 0 Å². The lowest BCUT2D eigenvalue weighted by atomic mass is 10.0. The van der Waals surface area contributed by atoms with Gasteiger partial charge in [-0.2, -0.15) is 0 Å². The van der Waals surface area contributed by atoms with Crippen LogP contribution in [0.4, 0.5) is 0 Å². The maximum Gasteiger partial charge on any atom is 0.252 e. The number of pyridine rings is 1. The number of fused-ring (bicyclic) bond motifs is 1. The van der Waals surface area contributed by atoms with Crippen LogP contribution in [-0.2, 0) is 0 Å². The summed E-state index contributed by atoms with van der Waals surface area (Å²) in [6.45, 7) is 0. The van der Waals surface area contributed by atoms with Crippen molar-refractivity contribution in [2.75, 3.05) is 0 Å². The van der Waals surface area contributed by atoms with E-state index in [1.807, 2.05) is 24.3 Å². The topological polar surface area (TPSA) is 68.0 Å². The maximum absolute atomic E-state index is 12.6. The van der Waals surface area contributed by atoms with Crippen LogP contribution in [0.15, 0.2) is 36.5 Å². The summed E-state index contributed by atoms with van der Waals surface area (Å²) in [5, 5.41) is 4.01. The van der Waals surface area contributed by atoms with Crippen molar-refractivity contribution in [2.24, 2.45) is 5.73 Å². The van der Waals surface area contributed by atoms with Gasteiger partial charge in [0.15, 0.2) is 0 Å². The third-order valence-corrected chi connectivity index (χ3v) is 4.28. The van der Waals surface area contributed by atoms with Crippen LogP contribution in [-0.4, -0.2) is 23.0 Å². The molecule has 1 amide bonds. The zero-order valence-electron chi connectivity index (χ0n) is 12.1. The minimum Gasteiger partial charge on any atom is -0.348 e. The van der Waals surface area contributed by atoms with Crippen LogP contribution in [0, 0.1) is 0 Å². The van der Waals surface area contributed by atoms with E-state index in [1.54, 1.807) is 12.3 Å². The molecule has 4 nitrogen and oxygen atoms in total. The SMILES string of the molecule is NC1CCCCCC1NC(=O)c1ccnc2ccccc12. The molecule has 1 fully saturated rings. The second-order valence-electron chi connectivity index (χ2n) is 5.76. The van der Waals surface area contributed by atoms with Crippen molar-refractivity contribution in [3.8, 4) is 0 Å². The number of nitrogens with one attached hydrogen (secondary N) is 1. The van der Waals surface area contributed by atoms with Gasteiger partial charge in [-0.3, -0.25) is 9.78 Å². The molecule has 0 radical (unpaired) electrons. The molecule has 0 aliphatic heterocycles. The van der Waals surface area contributed by atoms with E-state index in [0.717, 1.165) is 36.6 Å². The number of hydrogen-bond acceptors (Lipinski definition) is 3. The lowest BCUT2D eigenvalue weighted by Crippen LogP contribution is -2.47. The number of nitrogens with two attached hydrogens (primary N) is 1. The van der Waals surface area contributed by atoms with E-state index in [1.165, 1.54) is 6.42 Å². The molecule has 2 unspecified atom stereocenters. The average Bonchev–Trinajstić information content (AvgIpc) is 2.71. The number of benzene rings is 1. The Morgan fingerprint density at radius 3 is 2.86 bits per heavy atom. The molecule has 3 rings (SSSR count). The molecule has 4 heteroatoms. The minimum atomic E-state index is -0.0454. The number of carbonyl (C=O) groups excluding carboxylic acids is 1. The number of para-hydroxylation sites is 1. The Morgan fingerprint density at radius 2 is 1.95 bits per heavy atom. The van der Waals surface area contributed by atoms with Gasteiger partial charge in [-0.1, -0.05) is 37.5 Å². The molecule has 2 atom stereocenters. The molecule has 110 valence electrons. The summed E-state index contributed by atoms with van der Waals surface area (Å²) < 4.78 is 0. The zero-order valence-corrected chi connectivity index (χ0v) is 12.1. The van der Waals surface area contributed by atoms with Crippen LogP contribution in [0.25, 0.3) is 10.9 Å². The fraction of sp³-hybridized carbons (Fsp3) is 0.412. The lowest BCUT2D eigenvalue weighted by molar-refractivity contribution is 0.0930. The molecule has 0 saturated heterocycles. The number of rotatable bonds is 2. The van der Waals surface area contributed by atoms with Gasteiger partial charge in [-0.25, -0.2) is 0 Å². The molecule has 21 heavy (non-hydrogen) atoms. The molecule has 0 spiro atoms. The zero-order chi connectivity index (χ0) is 14.7. The van der Waals surface area contributed by atoms with Crippen molar-refractivity contribution in [2.45, 2.75) is 44.2 Å². The molecular formula is C17H21N3O. The number of aromatic nitrogens is 1. The first kappa shape index (κ1) is 14.0. The Kier molecular flexibility index (Phi) is 4.15. The highest BCUT2D eigenvalue weighted by Gasteiger charge is 2.23. The van der Waals surface area contributed by atoms with E-state index >= 15 is 0 Å². The van der Waals surface area contributed by atoms with Crippen molar-refractivity contribution in [1.82, 2.24) is 10.3 Å². The fourth-order valence-corrected chi connectivity index (χ4v) is 3.06. The first-order valence-corrected chi connectivity index (χ1v) is 7.66. The number of carbonyl (C=O) groups is 1. The summed E-state index contributed by atoms with van der Waals surface area (Å²) in [5.41, 5.74) is 7.71. The monoisotopic (exact) mass is 283 g/mol. The van der Waals surface area contributed by atoms with E-state index in [2.05, 4.69) is 10.3 Å². The normalized spacial score (nSPS) is 22.7. The molecule has 1 aromatic heterocycles. The molecular weight excluding hydrogens is 262 g/mol. The summed E-state index contributed by atoms with van der Waals surface area (Å²) in [5.74, 6) is -0.0454. The van der Waals surface area contributed by atoms with E-state index in [9.17, 15) is 4.79 Å². The fourth-order valence-electron chi connectivity index (χ4n) is 3.06. The Labute approximate surface area is 124 Å². The standard InChI is InChI=1S/C17H21N3O/c18-14-7-2-1-3-9-16(14)20-17(21)13-10-11-19-15-8-5-4-6-12(13)15/h4-6,8,10-11,14,16H,1-3,7,9,18H2,(H,20,21). The minimum absolute atomic E-state index is 0.0454. The Bertz CT molecular complexity index is 635. The first-order valence-electron chi connectivity index (χ1n) is 7.66. The maximum atomic E-state index is 12.6. The van der Waals surface area contributed by atoms with Gasteiger partial charge in [0.05, 0.1) is 11.1 Å². The van der Waals surface area contributed by atoms with Crippen LogP contribution < -0.4 is 11.1 Å². The second-order valence-corrected chi connectivity index (χ2v) is 5.76. The largest absolute Gasteiger partial charge is 0.348 e. The molecule has 1 aliphatic rings. The summed E-state index contributed by atoms with van der Waals surface area (Å²) in [6, 6.07) is 9.63. The summed E-state index contributed by atoms with van der Waals surface area (Å²) >= 11 is 0. The molecule has 1 aromatic carbocycles. The highest BCUT2D eigenvalue weighted by molar-refractivity contribution is 6.06. The van der Waals surface area contributed by atoms with Gasteiger partial charge in [0.2, 0.25) is 0 Å². The smallest absolute Gasteiger partial charge is 0.252 e. The average molecular weight is 283 g/mol. The van der Waals surface area contributed by atoms with E-state index in [-0.39, 0.29) is 18.0 Å². The summed E-state index contributed by atoms with van der Waals surface area (Å²) in [6.07, 6.45) is 7.14. The molecule has 2 aromatic rings. The highest BCUT2D eigenvalue weighted by atomic mass is 16.1. The van der Waals surface area contributed by atoms with Crippen molar-refractivity contribution in [3.63, 3.8) is 0 Å². The van der Waals surface area contributed by atoms with Gasteiger partial charge in [-0.15, -0.1) is 0 Å². The van der Waals surface area contributed by atoms with Crippen molar-refractivity contribution in [3.05, 3.63) is 42.1 Å². The number of hydrogen-bond donors (Lipinski definition) is 2. The van der Waals surface area contributed by atoms with Crippen LogP contribution in [0.3, 0.4) is 0 Å². The van der Waals surface area contributed by atoms with Crippen LogP contribution in [0.1, 0.15) is 42.5 Å². The van der Waals surface area contributed by atoms with Crippen LogP contribution >= 0.6 is 0 Å². The van der Waals surface area contributed by atoms with Crippen LogP contribution in [0.2, 0.25) is 0 Å². The van der Waals surface area contributed by atoms with Gasteiger partial charge < -0.3 is 11.1 Å². The van der Waals surface area contributed by atoms with Gasteiger partial charge in [0.25, 0.3) is 5.91 Å². The molecule has 0 bridgehead atoms. The molecule has 3 N–H and O–H groups in total. The van der Waals surface area contributed by atoms with E-state index < -0.39 is 0 Å². The highest BCUT2D eigenvalue weighted by Crippen LogP contribution is 2.19. The number of amides is 1. The second kappa shape index (κ2) is 6.22. The third kappa shape index (κ3) is 3.05. The van der Waals surface area contributed by atoms with Gasteiger partial charge in [0.1, 0.15) is 0 Å². The quantitative estimate of drug-likeness (QED) is 0.832. The molecule has 1 heterocycles. The predicted molar refractivity (Wildman–Crippen MR) is 84.1 cm³/mol. The molecule has 1 aliphatic carbocycles. The van der Waals surface area contributed by atoms with E-state index in [4.69, 9.17) is 5.73 Å². The number of nitrogens with zero attached hydrogens (tertiary/aromatic N) is 1. The Balaban J connectivity index is 1.83. The Hall–Kier alpha value is -1.94. The van der Waals surface area contributed by atoms with Crippen molar-refractivity contribution < 1.29 is 4.79 Å². The lowest BCUT2D eigenvalue weighted by Gasteiger charge is -2.23. The van der Waals surface area contributed by atoms with Crippen molar-refractivity contribution in [1.29, 1.82) is 0 Å². The first-order chi connectivity index (χ1) is 10.3. The van der Waals surface area contributed by atoms with Gasteiger partial charge in [0, 0.05) is 23.7 Å². The summed E-state index contributed by atoms with van der Waals surface area (Å²) in [7, 11) is 0. The summed E-state index contributed by atoms with van der Waals surface area (Å²) in [4.78, 5) is 16.9. The van der Waals surface area contributed by atoms with Gasteiger partial charge in [-0.05, 0) is 25.0 Å². The van der Waals surface area contributed by atoms with Gasteiger partial charge >= 0.3 is 0 Å². The third-order valence-electron chi connectivity index (χ3n) is 4.28. The predicted octanol–water partition coefficient (Wildman–Crippen LogP) is 2.62. The Morgan fingerprint density at radius 1 is 1.14 bits per heavy atom. The molecule has 1 saturated carbocycles.